The summed E-state index contributed by atoms with van der Waals surface area (Å²) in [6.07, 6.45) is 4.49. The minimum absolute atomic E-state index is 0.372. The van der Waals surface area contributed by atoms with Crippen LogP contribution in [0.25, 0.3) is 0 Å². The molecule has 1 amide bonds. The van der Waals surface area contributed by atoms with Gasteiger partial charge < -0.3 is 10.4 Å². The fourth-order valence-electron chi connectivity index (χ4n) is 1.92. The first kappa shape index (κ1) is 9.85. The van der Waals surface area contributed by atoms with Crippen molar-refractivity contribution in [1.29, 1.82) is 0 Å². The van der Waals surface area contributed by atoms with Gasteiger partial charge in [0.05, 0.1) is 0 Å². The third kappa shape index (κ3) is 1.52. The molecule has 0 spiro atoms. The van der Waals surface area contributed by atoms with Gasteiger partial charge in [0.1, 0.15) is 6.10 Å². The molecule has 0 radical (unpaired) electrons. The minimum Gasteiger partial charge on any atom is -0.385 e. The number of fused-ring (bicyclic) bond motifs is 1. The molecule has 6 nitrogen and oxygen atoms in total. The molecule has 15 heavy (non-hydrogen) atoms. The van der Waals surface area contributed by atoms with Crippen LogP contribution in [0.4, 0.5) is 0 Å². The van der Waals surface area contributed by atoms with E-state index >= 15 is 0 Å². The Morgan fingerprint density at radius 2 is 2.33 bits per heavy atom. The topological polar surface area (TPSA) is 92.5 Å². The lowest BCUT2D eigenvalue weighted by atomic mass is 9.84. The number of aliphatic hydroxyl groups excluding tert-OH is 1. The fraction of sp³-hybridized carbons (Fsp3) is 0.444. The zero-order chi connectivity index (χ0) is 11.0. The van der Waals surface area contributed by atoms with Crippen LogP contribution in [0, 0.1) is 16.0 Å². The van der Waals surface area contributed by atoms with E-state index in [0.29, 0.717) is 12.1 Å². The summed E-state index contributed by atoms with van der Waals surface area (Å²) in [6.45, 7) is 0. The SMILES string of the molecule is O=C1NC2=CC=CCC2C(O)C1[N+](=O)[O-]. The smallest absolute Gasteiger partial charge is 0.315 e. The van der Waals surface area contributed by atoms with Crippen molar-refractivity contribution < 1.29 is 14.8 Å². The van der Waals surface area contributed by atoms with Crippen LogP contribution in [-0.2, 0) is 4.79 Å². The third-order valence-electron chi connectivity index (χ3n) is 2.70. The zero-order valence-electron chi connectivity index (χ0n) is 7.79. The van der Waals surface area contributed by atoms with E-state index in [9.17, 15) is 20.0 Å². The quantitative estimate of drug-likeness (QED) is 0.454. The van der Waals surface area contributed by atoms with Crippen molar-refractivity contribution in [1.82, 2.24) is 5.32 Å². The van der Waals surface area contributed by atoms with E-state index in [1.165, 1.54) is 0 Å². The number of carbonyl (C=O) groups excluding carboxylic acids is 1. The van der Waals surface area contributed by atoms with E-state index in [1.54, 1.807) is 12.2 Å². The number of rotatable bonds is 1. The zero-order valence-corrected chi connectivity index (χ0v) is 7.79. The van der Waals surface area contributed by atoms with Crippen molar-refractivity contribution in [2.75, 3.05) is 0 Å². The van der Waals surface area contributed by atoms with E-state index < -0.39 is 23.0 Å². The monoisotopic (exact) mass is 210 g/mol. The average molecular weight is 210 g/mol. The number of piperidine rings is 1. The van der Waals surface area contributed by atoms with Crippen LogP contribution in [0.1, 0.15) is 6.42 Å². The number of carbonyl (C=O) groups is 1. The number of nitro groups is 1. The molecule has 0 aromatic rings. The highest BCUT2D eigenvalue weighted by Crippen LogP contribution is 2.28. The Hall–Kier alpha value is -1.69. The standard InChI is InChI=1S/C9H10N2O4/c12-8-5-3-1-2-4-6(5)10-9(13)7(8)11(14)15/h1-2,4-5,7-8,12H,3H2,(H,10,13). The van der Waals surface area contributed by atoms with Crippen LogP contribution >= 0.6 is 0 Å². The maximum Gasteiger partial charge on any atom is 0.315 e. The molecular formula is C9H10N2O4. The molecule has 1 heterocycles. The first-order valence-electron chi connectivity index (χ1n) is 4.60. The number of nitrogens with one attached hydrogen (secondary N) is 1. The lowest BCUT2D eigenvalue weighted by Crippen LogP contribution is -2.56. The summed E-state index contributed by atoms with van der Waals surface area (Å²) in [5, 5.41) is 22.8. The van der Waals surface area contributed by atoms with Crippen LogP contribution in [0.5, 0.6) is 0 Å². The summed E-state index contributed by atoms with van der Waals surface area (Å²) in [7, 11) is 0. The summed E-state index contributed by atoms with van der Waals surface area (Å²) in [6, 6.07) is -1.56. The first-order valence-corrected chi connectivity index (χ1v) is 4.60. The number of amides is 1. The van der Waals surface area contributed by atoms with Gasteiger partial charge in [0, 0.05) is 16.5 Å². The normalized spacial score (nSPS) is 34.1. The molecule has 6 heteroatoms. The molecule has 2 aliphatic rings. The Morgan fingerprint density at radius 1 is 1.60 bits per heavy atom. The highest BCUT2D eigenvalue weighted by molar-refractivity contribution is 5.84. The van der Waals surface area contributed by atoms with Gasteiger partial charge in [-0.1, -0.05) is 12.2 Å². The van der Waals surface area contributed by atoms with E-state index in [0.717, 1.165) is 0 Å². The van der Waals surface area contributed by atoms with Gasteiger partial charge in [-0.15, -0.1) is 0 Å². The second-order valence-electron chi connectivity index (χ2n) is 3.60. The van der Waals surface area contributed by atoms with E-state index in [4.69, 9.17) is 0 Å². The Morgan fingerprint density at radius 3 is 3.00 bits per heavy atom. The van der Waals surface area contributed by atoms with Crippen LogP contribution in [-0.4, -0.2) is 28.1 Å². The van der Waals surface area contributed by atoms with E-state index in [2.05, 4.69) is 5.32 Å². The highest BCUT2D eigenvalue weighted by atomic mass is 16.6. The Labute approximate surface area is 85.4 Å². The van der Waals surface area contributed by atoms with Crippen molar-refractivity contribution in [3.05, 3.63) is 34.0 Å². The van der Waals surface area contributed by atoms with Gasteiger partial charge >= 0.3 is 11.9 Å². The fourth-order valence-corrected chi connectivity index (χ4v) is 1.92. The molecule has 3 unspecified atom stereocenters. The predicted molar refractivity (Wildman–Crippen MR) is 50.3 cm³/mol. The molecule has 1 aliphatic heterocycles. The molecule has 0 saturated carbocycles. The van der Waals surface area contributed by atoms with Crippen molar-refractivity contribution >= 4 is 5.91 Å². The molecule has 3 atom stereocenters. The van der Waals surface area contributed by atoms with Gasteiger partial charge in [0.25, 0.3) is 0 Å². The highest BCUT2D eigenvalue weighted by Gasteiger charge is 2.47. The number of nitrogens with zero attached hydrogens (tertiary/aromatic N) is 1. The van der Waals surface area contributed by atoms with Crippen molar-refractivity contribution in [2.24, 2.45) is 5.92 Å². The van der Waals surface area contributed by atoms with Gasteiger partial charge in [0.15, 0.2) is 0 Å². The first-order chi connectivity index (χ1) is 7.11. The Kier molecular flexibility index (Phi) is 2.28. The average Bonchev–Trinajstić information content (AvgIpc) is 2.17. The second-order valence-corrected chi connectivity index (χ2v) is 3.60. The van der Waals surface area contributed by atoms with E-state index in [1.807, 2.05) is 6.08 Å². The lowest BCUT2D eigenvalue weighted by Gasteiger charge is -2.32. The summed E-state index contributed by atoms with van der Waals surface area (Å²) in [5.74, 6) is -1.12. The molecule has 2 rings (SSSR count). The van der Waals surface area contributed by atoms with Gasteiger partial charge in [-0.2, -0.15) is 0 Å². The number of aliphatic hydroxyl groups is 1. The number of hydrogen-bond donors (Lipinski definition) is 2. The summed E-state index contributed by atoms with van der Waals surface area (Å²) in [4.78, 5) is 21.2. The molecule has 1 aliphatic carbocycles. The van der Waals surface area contributed by atoms with Crippen LogP contribution in [0.2, 0.25) is 0 Å². The van der Waals surface area contributed by atoms with Gasteiger partial charge in [-0.3, -0.25) is 14.9 Å². The summed E-state index contributed by atoms with van der Waals surface area (Å²) in [5.41, 5.74) is 0.563. The molecule has 0 bridgehead atoms. The maximum atomic E-state index is 11.3. The number of allylic oxidation sites excluding steroid dienone is 3. The van der Waals surface area contributed by atoms with Gasteiger partial charge in [0.2, 0.25) is 0 Å². The van der Waals surface area contributed by atoms with Crippen LogP contribution < -0.4 is 5.32 Å². The molecule has 80 valence electrons. The predicted octanol–water partition coefficient (Wildman–Crippen LogP) is -0.418. The van der Waals surface area contributed by atoms with Crippen molar-refractivity contribution in [3.8, 4) is 0 Å². The van der Waals surface area contributed by atoms with Crippen molar-refractivity contribution in [3.63, 3.8) is 0 Å². The molecule has 2 N–H and O–H groups in total. The Bertz CT molecular complexity index is 374. The summed E-state index contributed by atoms with van der Waals surface area (Å²) < 4.78 is 0. The van der Waals surface area contributed by atoms with Crippen molar-refractivity contribution in [2.45, 2.75) is 18.6 Å². The number of hydrogen-bond acceptors (Lipinski definition) is 4. The third-order valence-corrected chi connectivity index (χ3v) is 2.70. The molecular weight excluding hydrogens is 200 g/mol. The van der Waals surface area contributed by atoms with Crippen LogP contribution in [0.15, 0.2) is 23.9 Å². The van der Waals surface area contributed by atoms with Crippen LogP contribution in [0.3, 0.4) is 0 Å². The second kappa shape index (κ2) is 3.47. The molecule has 0 aromatic carbocycles. The van der Waals surface area contributed by atoms with E-state index in [-0.39, 0.29) is 5.92 Å². The maximum absolute atomic E-state index is 11.3. The Balaban J connectivity index is 2.30. The molecule has 1 saturated heterocycles. The van der Waals surface area contributed by atoms with Gasteiger partial charge in [-0.25, -0.2) is 0 Å². The molecule has 0 aromatic heterocycles. The lowest BCUT2D eigenvalue weighted by molar-refractivity contribution is -0.522. The van der Waals surface area contributed by atoms with Gasteiger partial charge in [-0.05, 0) is 12.5 Å². The molecule has 1 fully saturated rings. The largest absolute Gasteiger partial charge is 0.385 e. The minimum atomic E-state index is -1.56. The summed E-state index contributed by atoms with van der Waals surface area (Å²) >= 11 is 0.